The summed E-state index contributed by atoms with van der Waals surface area (Å²) < 4.78 is 5.81. The minimum Gasteiger partial charge on any atom is -0.455 e. The van der Waals surface area contributed by atoms with Crippen molar-refractivity contribution < 1.29 is 19.1 Å². The summed E-state index contributed by atoms with van der Waals surface area (Å²) in [5.74, 6) is 0.404. The second-order valence-corrected chi connectivity index (χ2v) is 8.20. The van der Waals surface area contributed by atoms with Gasteiger partial charge in [0.1, 0.15) is 23.6 Å². The molecule has 2 aliphatic rings. The molecule has 5 rings (SSSR count). The van der Waals surface area contributed by atoms with Crippen LogP contribution < -0.4 is 15.4 Å². The largest absolute Gasteiger partial charge is 0.455 e. The molecule has 33 heavy (non-hydrogen) atoms. The summed E-state index contributed by atoms with van der Waals surface area (Å²) in [5.41, 5.74) is 2.14. The molecule has 0 bridgehead atoms. The molecule has 2 heterocycles. The molecule has 1 spiro atoms. The Morgan fingerprint density at radius 3 is 2.82 bits per heavy atom. The van der Waals surface area contributed by atoms with Gasteiger partial charge < -0.3 is 15.4 Å². The van der Waals surface area contributed by atoms with Gasteiger partial charge in [-0.1, -0.05) is 24.3 Å². The number of hydrogen-bond acceptors (Lipinski definition) is 5. The number of carbonyl (C=O) groups is 3. The zero-order valence-corrected chi connectivity index (χ0v) is 18.0. The second-order valence-electron chi connectivity index (χ2n) is 8.20. The molecular formula is C25H22N4O4. The molecule has 1 aromatic heterocycles. The van der Waals surface area contributed by atoms with E-state index in [4.69, 9.17) is 4.74 Å². The predicted molar refractivity (Wildman–Crippen MR) is 121 cm³/mol. The summed E-state index contributed by atoms with van der Waals surface area (Å²) in [5, 5.41) is 5.59. The smallest absolute Gasteiger partial charge is 0.325 e. The van der Waals surface area contributed by atoms with Gasteiger partial charge in [-0.15, -0.1) is 0 Å². The lowest BCUT2D eigenvalue weighted by atomic mass is 9.92. The van der Waals surface area contributed by atoms with Gasteiger partial charge in [0, 0.05) is 11.9 Å². The average molecular weight is 442 g/mol. The number of carbonyl (C=O) groups excluding carboxylic acids is 3. The molecule has 1 atom stereocenters. The third-order valence-corrected chi connectivity index (χ3v) is 6.04. The van der Waals surface area contributed by atoms with Crippen LogP contribution in [-0.2, 0) is 21.5 Å². The van der Waals surface area contributed by atoms with Crippen LogP contribution in [0.15, 0.2) is 67.0 Å². The number of amides is 4. The summed E-state index contributed by atoms with van der Waals surface area (Å²) in [6, 6.07) is 15.8. The molecule has 1 fully saturated rings. The Kier molecular flexibility index (Phi) is 5.05. The highest BCUT2D eigenvalue weighted by atomic mass is 16.5. The molecule has 1 unspecified atom stereocenters. The van der Waals surface area contributed by atoms with Gasteiger partial charge in [0.05, 0.1) is 6.20 Å². The number of ether oxygens (including phenoxy) is 1. The summed E-state index contributed by atoms with van der Waals surface area (Å²) in [6.07, 6.45) is 4.47. The lowest BCUT2D eigenvalue weighted by Crippen LogP contribution is -2.43. The van der Waals surface area contributed by atoms with Crippen molar-refractivity contribution in [3.8, 4) is 11.5 Å². The van der Waals surface area contributed by atoms with Crippen LogP contribution in [0, 0.1) is 6.92 Å². The third-order valence-electron chi connectivity index (χ3n) is 6.04. The Bertz CT molecular complexity index is 1260. The Morgan fingerprint density at radius 1 is 1.18 bits per heavy atom. The number of hydrogen-bond donors (Lipinski definition) is 2. The van der Waals surface area contributed by atoms with E-state index in [0.717, 1.165) is 21.6 Å². The fourth-order valence-corrected chi connectivity index (χ4v) is 4.45. The lowest BCUT2D eigenvalue weighted by molar-refractivity contribution is -0.134. The van der Waals surface area contributed by atoms with E-state index in [0.29, 0.717) is 30.0 Å². The standard InChI is InChI=1S/C25H22N4O4/c1-16-13-18(8-9-21(16)33-19-6-4-12-26-14-19)27-22(30)15-29-23(31)25(28-24(29)32)11-10-17-5-2-3-7-20(17)25/h2-9,12-14H,10-11,15H2,1H3,(H,27,30)(H,28,32). The quantitative estimate of drug-likeness (QED) is 0.589. The number of rotatable bonds is 5. The van der Waals surface area contributed by atoms with Crippen LogP contribution in [-0.4, -0.2) is 34.3 Å². The SMILES string of the molecule is Cc1cc(NC(=O)CN2C(=O)NC3(CCc4ccccc43)C2=O)ccc1Oc1cccnc1. The van der Waals surface area contributed by atoms with E-state index in [-0.39, 0.29) is 12.5 Å². The maximum atomic E-state index is 13.2. The molecule has 1 aliphatic carbocycles. The van der Waals surface area contributed by atoms with Crippen LogP contribution in [0.1, 0.15) is 23.1 Å². The summed E-state index contributed by atoms with van der Waals surface area (Å²) >= 11 is 0. The molecule has 3 aromatic rings. The number of benzene rings is 2. The molecule has 4 amide bonds. The molecule has 0 radical (unpaired) electrons. The van der Waals surface area contributed by atoms with Crippen LogP contribution in [0.2, 0.25) is 0 Å². The first-order valence-electron chi connectivity index (χ1n) is 10.7. The lowest BCUT2D eigenvalue weighted by Gasteiger charge is -2.22. The maximum absolute atomic E-state index is 13.2. The Labute approximate surface area is 190 Å². The molecule has 1 aliphatic heterocycles. The first kappa shape index (κ1) is 20.7. The van der Waals surface area contributed by atoms with Gasteiger partial charge in [0.2, 0.25) is 5.91 Å². The number of pyridine rings is 1. The normalized spacial score (nSPS) is 18.9. The number of imide groups is 1. The fraction of sp³-hybridized carbons (Fsp3) is 0.200. The molecule has 8 nitrogen and oxygen atoms in total. The van der Waals surface area contributed by atoms with Gasteiger partial charge in [-0.3, -0.25) is 19.5 Å². The molecular weight excluding hydrogens is 420 g/mol. The van der Waals surface area contributed by atoms with E-state index in [1.807, 2.05) is 31.2 Å². The molecule has 8 heteroatoms. The first-order valence-corrected chi connectivity index (χ1v) is 10.7. The van der Waals surface area contributed by atoms with E-state index in [1.165, 1.54) is 0 Å². The summed E-state index contributed by atoms with van der Waals surface area (Å²) in [4.78, 5) is 43.5. The van der Waals surface area contributed by atoms with Crippen LogP contribution >= 0.6 is 0 Å². The predicted octanol–water partition coefficient (Wildman–Crippen LogP) is 3.51. The minimum absolute atomic E-state index is 0.360. The number of urea groups is 1. The zero-order chi connectivity index (χ0) is 23.0. The van der Waals surface area contributed by atoms with Crippen LogP contribution in [0.4, 0.5) is 10.5 Å². The molecule has 0 saturated carbocycles. The van der Waals surface area contributed by atoms with Crippen molar-refractivity contribution in [2.75, 3.05) is 11.9 Å². The van der Waals surface area contributed by atoms with E-state index < -0.39 is 17.5 Å². The summed E-state index contributed by atoms with van der Waals surface area (Å²) in [6.45, 7) is 1.50. The number of anilines is 1. The highest BCUT2D eigenvalue weighted by molar-refractivity contribution is 6.10. The Balaban J connectivity index is 1.26. The van der Waals surface area contributed by atoms with Crippen molar-refractivity contribution in [2.45, 2.75) is 25.3 Å². The molecule has 166 valence electrons. The highest BCUT2D eigenvalue weighted by Crippen LogP contribution is 2.41. The van der Waals surface area contributed by atoms with Crippen molar-refractivity contribution in [2.24, 2.45) is 0 Å². The van der Waals surface area contributed by atoms with Crippen LogP contribution in [0.5, 0.6) is 11.5 Å². The molecule has 2 N–H and O–H groups in total. The molecule has 2 aromatic carbocycles. The Morgan fingerprint density at radius 2 is 2.03 bits per heavy atom. The molecule has 1 saturated heterocycles. The maximum Gasteiger partial charge on any atom is 0.325 e. The van der Waals surface area contributed by atoms with E-state index in [1.54, 1.807) is 42.7 Å². The third kappa shape index (κ3) is 3.69. The average Bonchev–Trinajstić information content (AvgIpc) is 3.29. The van der Waals surface area contributed by atoms with Gasteiger partial charge in [0.25, 0.3) is 5.91 Å². The van der Waals surface area contributed by atoms with E-state index in [9.17, 15) is 14.4 Å². The number of nitrogens with one attached hydrogen (secondary N) is 2. The van der Waals surface area contributed by atoms with Crippen molar-refractivity contribution in [1.29, 1.82) is 0 Å². The fourth-order valence-electron chi connectivity index (χ4n) is 4.45. The highest BCUT2D eigenvalue weighted by Gasteiger charge is 2.55. The first-order chi connectivity index (χ1) is 16.0. The van der Waals surface area contributed by atoms with Crippen molar-refractivity contribution >= 4 is 23.5 Å². The van der Waals surface area contributed by atoms with Crippen LogP contribution in [0.25, 0.3) is 0 Å². The number of aryl methyl sites for hydroxylation is 2. The minimum atomic E-state index is -1.07. The zero-order valence-electron chi connectivity index (χ0n) is 18.0. The van der Waals surface area contributed by atoms with Crippen molar-refractivity contribution in [3.05, 3.63) is 83.7 Å². The number of aromatic nitrogens is 1. The summed E-state index contributed by atoms with van der Waals surface area (Å²) in [7, 11) is 0. The van der Waals surface area contributed by atoms with Crippen molar-refractivity contribution in [1.82, 2.24) is 15.2 Å². The second kappa shape index (κ2) is 8.05. The van der Waals surface area contributed by atoms with E-state index >= 15 is 0 Å². The van der Waals surface area contributed by atoms with E-state index in [2.05, 4.69) is 15.6 Å². The van der Waals surface area contributed by atoms with Crippen molar-refractivity contribution in [3.63, 3.8) is 0 Å². The monoisotopic (exact) mass is 442 g/mol. The van der Waals surface area contributed by atoms with Gasteiger partial charge >= 0.3 is 6.03 Å². The van der Waals surface area contributed by atoms with Gasteiger partial charge in [0.15, 0.2) is 0 Å². The van der Waals surface area contributed by atoms with Gasteiger partial charge in [-0.2, -0.15) is 0 Å². The van der Waals surface area contributed by atoms with Crippen LogP contribution in [0.3, 0.4) is 0 Å². The Hall–Kier alpha value is -4.20. The van der Waals surface area contributed by atoms with Gasteiger partial charge in [-0.25, -0.2) is 4.79 Å². The van der Waals surface area contributed by atoms with Gasteiger partial charge in [-0.05, 0) is 66.8 Å². The number of nitrogens with zero attached hydrogens (tertiary/aromatic N) is 2. The number of fused-ring (bicyclic) bond motifs is 2. The topological polar surface area (TPSA) is 101 Å².